The van der Waals surface area contributed by atoms with E-state index in [1.54, 1.807) is 6.20 Å². The van der Waals surface area contributed by atoms with Gasteiger partial charge in [-0.05, 0) is 30.4 Å². The highest BCUT2D eigenvalue weighted by Gasteiger charge is 2.24. The number of rotatable bonds is 2. The van der Waals surface area contributed by atoms with Crippen molar-refractivity contribution in [2.24, 2.45) is 0 Å². The maximum Gasteiger partial charge on any atom is 0.285 e. The first-order valence-corrected chi connectivity index (χ1v) is 8.16. The second-order valence-electron chi connectivity index (χ2n) is 5.95. The molecule has 0 unspecified atom stereocenters. The van der Waals surface area contributed by atoms with Crippen LogP contribution < -0.4 is 10.5 Å². The van der Waals surface area contributed by atoms with Crippen LogP contribution in [-0.2, 0) is 0 Å². The SMILES string of the molecule is O=c1[nH]ncc(N2CCC(c3c[nH]c4ccccc34)CC2)c1Cl. The summed E-state index contributed by atoms with van der Waals surface area (Å²) in [5.41, 5.74) is 2.97. The van der Waals surface area contributed by atoms with Gasteiger partial charge in [-0.3, -0.25) is 4.79 Å². The highest BCUT2D eigenvalue weighted by atomic mass is 35.5. The standard InChI is InChI=1S/C17H17ClN4O/c18-16-15(10-20-21-17(16)23)22-7-5-11(6-8-22)13-9-19-14-4-2-1-3-12(13)14/h1-4,9-11,19H,5-8H2,(H,21,23). The van der Waals surface area contributed by atoms with E-state index < -0.39 is 0 Å². The van der Waals surface area contributed by atoms with Gasteiger partial charge in [0.2, 0.25) is 0 Å². The Morgan fingerprint density at radius 3 is 2.83 bits per heavy atom. The van der Waals surface area contributed by atoms with E-state index in [2.05, 4.69) is 44.5 Å². The molecule has 2 N–H and O–H groups in total. The normalized spacial score (nSPS) is 16.1. The molecule has 0 atom stereocenters. The van der Waals surface area contributed by atoms with E-state index >= 15 is 0 Å². The lowest BCUT2D eigenvalue weighted by Gasteiger charge is -2.33. The molecule has 0 aliphatic carbocycles. The van der Waals surface area contributed by atoms with Crippen molar-refractivity contribution in [3.8, 4) is 0 Å². The predicted molar refractivity (Wildman–Crippen MR) is 92.4 cm³/mol. The molecule has 6 heteroatoms. The highest BCUT2D eigenvalue weighted by Crippen LogP contribution is 2.35. The fourth-order valence-electron chi connectivity index (χ4n) is 3.46. The maximum atomic E-state index is 11.6. The number of para-hydroxylation sites is 1. The average molecular weight is 329 g/mol. The molecule has 1 aliphatic rings. The molecule has 1 aliphatic heterocycles. The number of piperidine rings is 1. The molecular weight excluding hydrogens is 312 g/mol. The van der Waals surface area contributed by atoms with Crippen LogP contribution in [0, 0.1) is 0 Å². The molecule has 0 saturated carbocycles. The lowest BCUT2D eigenvalue weighted by atomic mass is 9.89. The molecule has 1 fully saturated rings. The number of fused-ring (bicyclic) bond motifs is 1. The van der Waals surface area contributed by atoms with Gasteiger partial charge >= 0.3 is 0 Å². The first-order valence-electron chi connectivity index (χ1n) is 7.78. The van der Waals surface area contributed by atoms with E-state index in [-0.39, 0.29) is 10.6 Å². The van der Waals surface area contributed by atoms with E-state index in [0.717, 1.165) is 31.6 Å². The monoisotopic (exact) mass is 328 g/mol. The zero-order valence-corrected chi connectivity index (χ0v) is 13.3. The average Bonchev–Trinajstić information content (AvgIpc) is 3.02. The minimum atomic E-state index is -0.331. The Hall–Kier alpha value is -2.27. The number of aromatic amines is 2. The predicted octanol–water partition coefficient (Wildman–Crippen LogP) is 3.29. The molecule has 3 aromatic rings. The molecule has 1 saturated heterocycles. The van der Waals surface area contributed by atoms with Gasteiger partial charge in [-0.2, -0.15) is 5.10 Å². The Labute approximate surface area is 138 Å². The molecule has 0 amide bonds. The Bertz CT molecular complexity index is 893. The number of nitrogens with zero attached hydrogens (tertiary/aromatic N) is 2. The van der Waals surface area contributed by atoms with E-state index in [1.165, 1.54) is 16.5 Å². The lowest BCUT2D eigenvalue weighted by molar-refractivity contribution is 0.507. The van der Waals surface area contributed by atoms with E-state index in [0.29, 0.717) is 5.92 Å². The third-order valence-corrected chi connectivity index (χ3v) is 5.04. The van der Waals surface area contributed by atoms with Crippen molar-refractivity contribution in [2.45, 2.75) is 18.8 Å². The van der Waals surface area contributed by atoms with Crippen LogP contribution in [0.5, 0.6) is 0 Å². The summed E-state index contributed by atoms with van der Waals surface area (Å²) < 4.78 is 0. The van der Waals surface area contributed by atoms with Gasteiger partial charge < -0.3 is 9.88 Å². The third kappa shape index (κ3) is 2.51. The van der Waals surface area contributed by atoms with Crippen LogP contribution in [-0.4, -0.2) is 28.3 Å². The lowest BCUT2D eigenvalue weighted by Crippen LogP contribution is -2.34. The summed E-state index contributed by atoms with van der Waals surface area (Å²) in [6.07, 6.45) is 5.83. The van der Waals surface area contributed by atoms with Crippen LogP contribution >= 0.6 is 11.6 Å². The molecule has 23 heavy (non-hydrogen) atoms. The summed E-state index contributed by atoms with van der Waals surface area (Å²) in [6.45, 7) is 1.74. The second kappa shape index (κ2) is 5.74. The number of anilines is 1. The van der Waals surface area contributed by atoms with Crippen LogP contribution in [0.4, 0.5) is 5.69 Å². The number of hydrogen-bond acceptors (Lipinski definition) is 3. The zero-order chi connectivity index (χ0) is 15.8. The van der Waals surface area contributed by atoms with Crippen molar-refractivity contribution >= 4 is 28.2 Å². The molecule has 5 nitrogen and oxygen atoms in total. The Kier molecular flexibility index (Phi) is 3.58. The quantitative estimate of drug-likeness (QED) is 0.758. The van der Waals surface area contributed by atoms with Gasteiger partial charge in [-0.15, -0.1) is 0 Å². The summed E-state index contributed by atoms with van der Waals surface area (Å²) >= 11 is 6.11. The number of H-pyrrole nitrogens is 2. The Balaban J connectivity index is 1.55. The number of benzene rings is 1. The maximum absolute atomic E-state index is 11.6. The van der Waals surface area contributed by atoms with Crippen molar-refractivity contribution in [1.29, 1.82) is 0 Å². The molecule has 0 radical (unpaired) electrons. The Morgan fingerprint density at radius 2 is 2.00 bits per heavy atom. The van der Waals surface area contributed by atoms with Crippen molar-refractivity contribution in [2.75, 3.05) is 18.0 Å². The van der Waals surface area contributed by atoms with Gasteiger partial charge in [0.1, 0.15) is 5.02 Å². The zero-order valence-electron chi connectivity index (χ0n) is 12.6. The molecule has 2 aromatic heterocycles. The highest BCUT2D eigenvalue weighted by molar-refractivity contribution is 6.33. The minimum Gasteiger partial charge on any atom is -0.369 e. The molecule has 0 spiro atoms. The van der Waals surface area contributed by atoms with Gasteiger partial charge in [0, 0.05) is 30.2 Å². The number of hydrogen-bond donors (Lipinski definition) is 2. The van der Waals surface area contributed by atoms with Gasteiger partial charge in [-0.1, -0.05) is 29.8 Å². The largest absolute Gasteiger partial charge is 0.369 e. The van der Waals surface area contributed by atoms with Gasteiger partial charge in [-0.25, -0.2) is 5.10 Å². The van der Waals surface area contributed by atoms with Crippen LogP contribution in [0.1, 0.15) is 24.3 Å². The molecule has 118 valence electrons. The number of aromatic nitrogens is 3. The first-order chi connectivity index (χ1) is 11.2. The van der Waals surface area contributed by atoms with Crippen molar-refractivity contribution in [3.05, 3.63) is 57.6 Å². The van der Waals surface area contributed by atoms with Gasteiger partial charge in [0.25, 0.3) is 5.56 Å². The second-order valence-corrected chi connectivity index (χ2v) is 6.33. The fourth-order valence-corrected chi connectivity index (χ4v) is 3.67. The Morgan fingerprint density at radius 1 is 1.22 bits per heavy atom. The van der Waals surface area contributed by atoms with Crippen molar-refractivity contribution < 1.29 is 0 Å². The fraction of sp³-hybridized carbons (Fsp3) is 0.294. The molecule has 4 rings (SSSR count). The third-order valence-electron chi connectivity index (χ3n) is 4.67. The van der Waals surface area contributed by atoms with Gasteiger partial charge in [0.05, 0.1) is 11.9 Å². The van der Waals surface area contributed by atoms with Crippen molar-refractivity contribution in [3.63, 3.8) is 0 Å². The molecular formula is C17H17ClN4O. The number of nitrogens with one attached hydrogen (secondary N) is 2. The summed E-state index contributed by atoms with van der Waals surface area (Å²) in [5.74, 6) is 0.524. The number of halogens is 1. The molecule has 1 aromatic carbocycles. The summed E-state index contributed by atoms with van der Waals surface area (Å²) in [5, 5.41) is 7.76. The van der Waals surface area contributed by atoms with Crippen LogP contribution in [0.2, 0.25) is 5.02 Å². The molecule has 0 bridgehead atoms. The van der Waals surface area contributed by atoms with E-state index in [4.69, 9.17) is 11.6 Å². The molecule has 3 heterocycles. The topological polar surface area (TPSA) is 64.8 Å². The first kappa shape index (κ1) is 14.3. The minimum absolute atomic E-state index is 0.227. The van der Waals surface area contributed by atoms with Crippen LogP contribution in [0.15, 0.2) is 41.5 Å². The van der Waals surface area contributed by atoms with Crippen LogP contribution in [0.3, 0.4) is 0 Å². The van der Waals surface area contributed by atoms with E-state index in [9.17, 15) is 4.79 Å². The summed E-state index contributed by atoms with van der Waals surface area (Å²) in [4.78, 5) is 17.1. The summed E-state index contributed by atoms with van der Waals surface area (Å²) in [6, 6.07) is 8.41. The smallest absolute Gasteiger partial charge is 0.285 e. The van der Waals surface area contributed by atoms with E-state index in [1.807, 2.05) is 6.07 Å². The van der Waals surface area contributed by atoms with Gasteiger partial charge in [0.15, 0.2) is 0 Å². The summed E-state index contributed by atoms with van der Waals surface area (Å²) in [7, 11) is 0. The van der Waals surface area contributed by atoms with Crippen molar-refractivity contribution in [1.82, 2.24) is 15.2 Å². The van der Waals surface area contributed by atoms with Crippen LogP contribution in [0.25, 0.3) is 10.9 Å².